The maximum Gasteiger partial charge on any atom is 0.327 e. The average molecular weight is 292 g/mol. The summed E-state index contributed by atoms with van der Waals surface area (Å²) < 4.78 is 0. The maximum atomic E-state index is 9.25. The predicted octanol–water partition coefficient (Wildman–Crippen LogP) is 0.478. The number of carbonyl (C=O) groups is 3. The van der Waals surface area contributed by atoms with E-state index in [1.54, 1.807) is 6.92 Å². The van der Waals surface area contributed by atoms with Crippen molar-refractivity contribution in [3.63, 3.8) is 0 Å². The second-order valence-electron chi connectivity index (χ2n) is 2.52. The summed E-state index contributed by atoms with van der Waals surface area (Å²) in [5.41, 5.74) is 0. The van der Waals surface area contributed by atoms with Crippen molar-refractivity contribution in [2.24, 2.45) is 0 Å². The van der Waals surface area contributed by atoms with E-state index in [1.807, 2.05) is 0 Å². The summed E-state index contributed by atoms with van der Waals surface area (Å²) in [5.74, 6) is -2.94. The summed E-state index contributed by atoms with van der Waals surface area (Å²) in [6.07, 6.45) is 1.80. The predicted molar refractivity (Wildman–Crippen MR) is 72.0 cm³/mol. The van der Waals surface area contributed by atoms with E-state index in [0.29, 0.717) is 6.42 Å². The minimum absolute atomic E-state index is 0.417. The van der Waals surface area contributed by atoms with Crippen molar-refractivity contribution in [3.8, 4) is 0 Å². The van der Waals surface area contributed by atoms with E-state index in [0.717, 1.165) is 18.2 Å². The van der Waals surface area contributed by atoms with Gasteiger partial charge in [0.1, 0.15) is 0 Å². The fourth-order valence-electron chi connectivity index (χ4n) is 0. The molecule has 20 heavy (non-hydrogen) atoms. The fraction of sp³-hybridized carbons (Fsp3) is 0.250. The number of rotatable bonds is 4. The molecular weight excluding hydrogens is 272 g/mol. The second-order valence-corrected chi connectivity index (χ2v) is 2.52. The van der Waals surface area contributed by atoms with Crippen LogP contribution in [0, 0.1) is 0 Å². The van der Waals surface area contributed by atoms with Gasteiger partial charge in [0.15, 0.2) is 6.29 Å². The summed E-state index contributed by atoms with van der Waals surface area (Å²) in [4.78, 5) is 27.8. The van der Waals surface area contributed by atoms with Crippen molar-refractivity contribution >= 4 is 17.9 Å². The van der Waals surface area contributed by atoms with Gasteiger partial charge in [-0.3, -0.25) is 0 Å². The Labute approximate surface area is 116 Å². The molecule has 0 aliphatic carbocycles. The Hall–Kier alpha value is -2.45. The number of aliphatic hydroxyl groups excluding tert-OH is 1. The van der Waals surface area contributed by atoms with Crippen molar-refractivity contribution in [2.45, 2.75) is 19.6 Å². The summed E-state index contributed by atoms with van der Waals surface area (Å²) >= 11 is 0. The molecule has 5 N–H and O–H groups in total. The minimum Gasteiger partial charge on any atom is -0.478 e. The first kappa shape index (κ1) is 26.2. The third-order valence-corrected chi connectivity index (χ3v) is 0.889. The Kier molecular flexibility index (Phi) is 28.5. The summed E-state index contributed by atoms with van der Waals surface area (Å²) in [5, 5.41) is 38.6. The lowest BCUT2D eigenvalue weighted by Gasteiger charge is -1.90. The smallest absolute Gasteiger partial charge is 0.327 e. The van der Waals surface area contributed by atoms with Crippen LogP contribution < -0.4 is 0 Å². The summed E-state index contributed by atoms with van der Waals surface area (Å²) in [6.45, 7) is 10.6. The highest BCUT2D eigenvalue weighted by atomic mass is 16.5. The fourth-order valence-corrected chi connectivity index (χ4v) is 0. The Bertz CT molecular complexity index is 264. The molecule has 0 aromatic rings. The summed E-state index contributed by atoms with van der Waals surface area (Å²) in [7, 11) is 0. The van der Waals surface area contributed by atoms with E-state index in [9.17, 15) is 14.4 Å². The molecule has 0 aromatic carbocycles. The van der Waals surface area contributed by atoms with Crippen LogP contribution in [-0.2, 0) is 14.4 Å². The standard InChI is InChI=1S/C3H8O2.3C3H4O2/c4*1-2-3(4)5/h3-5H,2H2,1H3;3*2H,1H2,(H,4,5). The van der Waals surface area contributed by atoms with Gasteiger partial charge in [-0.25, -0.2) is 14.4 Å². The zero-order valence-corrected chi connectivity index (χ0v) is 11.1. The lowest BCUT2D eigenvalue weighted by atomic mass is 10.5. The van der Waals surface area contributed by atoms with Crippen LogP contribution in [0.25, 0.3) is 0 Å². The van der Waals surface area contributed by atoms with Crippen LogP contribution in [0.2, 0.25) is 0 Å². The van der Waals surface area contributed by atoms with Crippen molar-refractivity contribution < 1.29 is 39.9 Å². The lowest BCUT2D eigenvalue weighted by molar-refractivity contribution is -0.132. The molecule has 0 aliphatic rings. The largest absolute Gasteiger partial charge is 0.478 e. The number of aliphatic carboxylic acids is 3. The highest BCUT2D eigenvalue weighted by Gasteiger charge is 1.83. The highest BCUT2D eigenvalue weighted by Crippen LogP contribution is 1.77. The molecule has 0 atom stereocenters. The van der Waals surface area contributed by atoms with Gasteiger partial charge in [-0.2, -0.15) is 0 Å². The van der Waals surface area contributed by atoms with E-state index in [4.69, 9.17) is 25.5 Å². The number of hydrogen-bond donors (Lipinski definition) is 5. The monoisotopic (exact) mass is 292 g/mol. The molecule has 8 heteroatoms. The molecule has 0 heterocycles. The number of carboxylic acid groups (broad SMARTS) is 3. The zero-order valence-electron chi connectivity index (χ0n) is 11.1. The molecule has 0 radical (unpaired) electrons. The lowest BCUT2D eigenvalue weighted by Crippen LogP contribution is -1.99. The Morgan fingerprint density at radius 3 is 0.950 bits per heavy atom. The van der Waals surface area contributed by atoms with Crippen LogP contribution in [0.5, 0.6) is 0 Å². The third-order valence-electron chi connectivity index (χ3n) is 0.889. The van der Waals surface area contributed by atoms with Gasteiger partial charge in [-0.1, -0.05) is 26.7 Å². The molecule has 0 spiro atoms. The highest BCUT2D eigenvalue weighted by molar-refractivity contribution is 5.79. The van der Waals surface area contributed by atoms with Gasteiger partial charge in [0.2, 0.25) is 0 Å². The molecule has 0 rings (SSSR count). The van der Waals surface area contributed by atoms with Crippen molar-refractivity contribution in [1.82, 2.24) is 0 Å². The number of carboxylic acids is 3. The quantitative estimate of drug-likeness (QED) is 0.370. The molecule has 0 fully saturated rings. The van der Waals surface area contributed by atoms with Gasteiger partial charge < -0.3 is 25.5 Å². The normalized spacial score (nSPS) is 7.20. The van der Waals surface area contributed by atoms with E-state index in [-0.39, 0.29) is 0 Å². The Morgan fingerprint density at radius 2 is 0.950 bits per heavy atom. The SMILES string of the molecule is C=CC(=O)O.C=CC(=O)O.C=CC(=O)O.CCC(O)O. The van der Waals surface area contributed by atoms with E-state index >= 15 is 0 Å². The zero-order chi connectivity index (χ0) is 17.1. The van der Waals surface area contributed by atoms with E-state index in [2.05, 4.69) is 19.7 Å². The van der Waals surface area contributed by atoms with Crippen LogP contribution in [0.1, 0.15) is 13.3 Å². The molecule has 0 aliphatic heterocycles. The van der Waals surface area contributed by atoms with Gasteiger partial charge in [-0.15, -0.1) is 0 Å². The van der Waals surface area contributed by atoms with Crippen molar-refractivity contribution in [2.75, 3.05) is 0 Å². The molecule has 0 aromatic heterocycles. The van der Waals surface area contributed by atoms with E-state index in [1.165, 1.54) is 0 Å². The van der Waals surface area contributed by atoms with Crippen LogP contribution in [-0.4, -0.2) is 49.7 Å². The van der Waals surface area contributed by atoms with Crippen LogP contribution in [0.3, 0.4) is 0 Å². The first-order valence-corrected chi connectivity index (χ1v) is 5.01. The topological polar surface area (TPSA) is 152 Å². The molecule has 0 saturated carbocycles. The first-order valence-electron chi connectivity index (χ1n) is 5.01. The average Bonchev–Trinajstić information content (AvgIpc) is 2.40. The first-order chi connectivity index (χ1) is 9.08. The molecule has 0 unspecified atom stereocenters. The van der Waals surface area contributed by atoms with Crippen molar-refractivity contribution in [1.29, 1.82) is 0 Å². The van der Waals surface area contributed by atoms with Gasteiger partial charge >= 0.3 is 17.9 Å². The molecule has 116 valence electrons. The number of aliphatic hydroxyl groups is 2. The minimum atomic E-state index is -1.12. The summed E-state index contributed by atoms with van der Waals surface area (Å²) in [6, 6.07) is 0. The molecular formula is C12H20O8. The van der Waals surface area contributed by atoms with Gasteiger partial charge in [0, 0.05) is 18.2 Å². The molecule has 0 bridgehead atoms. The molecule has 0 amide bonds. The second kappa shape index (κ2) is 21.8. The molecule has 8 nitrogen and oxygen atoms in total. The maximum absolute atomic E-state index is 9.25. The van der Waals surface area contributed by atoms with Crippen LogP contribution >= 0.6 is 0 Å². The molecule has 0 saturated heterocycles. The van der Waals surface area contributed by atoms with Gasteiger partial charge in [0.05, 0.1) is 0 Å². The Morgan fingerprint density at radius 1 is 0.850 bits per heavy atom. The van der Waals surface area contributed by atoms with E-state index < -0.39 is 24.2 Å². The van der Waals surface area contributed by atoms with Crippen LogP contribution in [0.4, 0.5) is 0 Å². The van der Waals surface area contributed by atoms with Gasteiger partial charge in [0.25, 0.3) is 0 Å². The third kappa shape index (κ3) is 107. The number of hydrogen-bond acceptors (Lipinski definition) is 5. The van der Waals surface area contributed by atoms with Gasteiger partial charge in [-0.05, 0) is 6.42 Å². The van der Waals surface area contributed by atoms with Crippen molar-refractivity contribution in [3.05, 3.63) is 38.0 Å². The Balaban J connectivity index is -0.0000000853. The van der Waals surface area contributed by atoms with Crippen LogP contribution in [0.15, 0.2) is 38.0 Å².